The molecular formula is C17H24O2. The average molecular weight is 260 g/mol. The summed E-state index contributed by atoms with van der Waals surface area (Å²) in [6, 6.07) is 6.29. The molecule has 1 aromatic carbocycles. The Bertz CT molecular complexity index is 441. The van der Waals surface area contributed by atoms with Crippen LogP contribution in [0.1, 0.15) is 62.7 Å². The van der Waals surface area contributed by atoms with E-state index in [0.717, 1.165) is 36.5 Å². The largest absolute Gasteiger partial charge is 0.490 e. The van der Waals surface area contributed by atoms with E-state index in [1.54, 1.807) is 0 Å². The summed E-state index contributed by atoms with van der Waals surface area (Å²) >= 11 is 0. The molecule has 3 rings (SSSR count). The van der Waals surface area contributed by atoms with Gasteiger partial charge in [0.05, 0.1) is 12.2 Å². The highest BCUT2D eigenvalue weighted by Crippen LogP contribution is 2.34. The average Bonchev–Trinajstić information content (AvgIpc) is 2.40. The van der Waals surface area contributed by atoms with Crippen molar-refractivity contribution in [2.75, 3.05) is 0 Å². The summed E-state index contributed by atoms with van der Waals surface area (Å²) in [5.74, 6) is 1.72. The quantitative estimate of drug-likeness (QED) is 0.870. The third-order valence-electron chi connectivity index (χ3n) is 4.59. The summed E-state index contributed by atoms with van der Waals surface area (Å²) in [6.45, 7) is 2.31. The van der Waals surface area contributed by atoms with E-state index in [1.165, 1.54) is 31.2 Å². The molecule has 0 aromatic heterocycles. The lowest BCUT2D eigenvalue weighted by molar-refractivity contribution is 0.127. The van der Waals surface area contributed by atoms with Crippen LogP contribution >= 0.6 is 0 Å². The Morgan fingerprint density at radius 1 is 1.16 bits per heavy atom. The SMILES string of the molecule is CC1CCCC(Oc2ccc3c(c2)[C@@H](O)CCC3)C1. The molecule has 2 heteroatoms. The summed E-state index contributed by atoms with van der Waals surface area (Å²) in [4.78, 5) is 0. The maximum atomic E-state index is 10.1. The van der Waals surface area contributed by atoms with Gasteiger partial charge in [0.15, 0.2) is 0 Å². The predicted molar refractivity (Wildman–Crippen MR) is 76.4 cm³/mol. The first kappa shape index (κ1) is 13.0. The van der Waals surface area contributed by atoms with Crippen molar-refractivity contribution in [2.24, 2.45) is 5.92 Å². The molecule has 1 fully saturated rings. The molecule has 2 nitrogen and oxygen atoms in total. The molecule has 1 N–H and O–H groups in total. The Labute approximate surface area is 115 Å². The van der Waals surface area contributed by atoms with Crippen LogP contribution in [0.2, 0.25) is 0 Å². The lowest BCUT2D eigenvalue weighted by Crippen LogP contribution is -2.24. The van der Waals surface area contributed by atoms with E-state index in [0.29, 0.717) is 6.10 Å². The van der Waals surface area contributed by atoms with Crippen LogP contribution in [0.5, 0.6) is 5.75 Å². The van der Waals surface area contributed by atoms with Gasteiger partial charge in [0.25, 0.3) is 0 Å². The van der Waals surface area contributed by atoms with Gasteiger partial charge in [0, 0.05) is 0 Å². The van der Waals surface area contributed by atoms with E-state index in [2.05, 4.69) is 25.1 Å². The number of aliphatic hydroxyl groups is 1. The Balaban J connectivity index is 1.73. The van der Waals surface area contributed by atoms with Crippen LogP contribution in [0.25, 0.3) is 0 Å². The summed E-state index contributed by atoms with van der Waals surface area (Å²) < 4.78 is 6.13. The van der Waals surface area contributed by atoms with E-state index >= 15 is 0 Å². The van der Waals surface area contributed by atoms with Crippen molar-refractivity contribution in [3.05, 3.63) is 29.3 Å². The summed E-state index contributed by atoms with van der Waals surface area (Å²) in [6.07, 6.45) is 8.09. The van der Waals surface area contributed by atoms with Gasteiger partial charge in [-0.3, -0.25) is 0 Å². The topological polar surface area (TPSA) is 29.5 Å². The van der Waals surface area contributed by atoms with Gasteiger partial charge in [-0.1, -0.05) is 19.4 Å². The normalized spacial score (nSPS) is 30.7. The molecule has 3 atom stereocenters. The molecule has 1 saturated carbocycles. The van der Waals surface area contributed by atoms with Crippen LogP contribution in [0.3, 0.4) is 0 Å². The molecule has 0 spiro atoms. The van der Waals surface area contributed by atoms with Gasteiger partial charge in [-0.05, 0) is 67.7 Å². The Morgan fingerprint density at radius 2 is 2.05 bits per heavy atom. The third kappa shape index (κ3) is 2.94. The lowest BCUT2D eigenvalue weighted by Gasteiger charge is -2.28. The highest BCUT2D eigenvalue weighted by atomic mass is 16.5. The van der Waals surface area contributed by atoms with E-state index < -0.39 is 0 Å². The molecule has 0 aliphatic heterocycles. The van der Waals surface area contributed by atoms with Crippen LogP contribution in [0.4, 0.5) is 0 Å². The fourth-order valence-electron chi connectivity index (χ4n) is 3.50. The van der Waals surface area contributed by atoms with Crippen LogP contribution < -0.4 is 4.74 Å². The van der Waals surface area contributed by atoms with E-state index in [-0.39, 0.29) is 6.10 Å². The number of ether oxygens (including phenoxy) is 1. The van der Waals surface area contributed by atoms with Crippen molar-refractivity contribution in [1.29, 1.82) is 0 Å². The number of rotatable bonds is 2. The van der Waals surface area contributed by atoms with Gasteiger partial charge in [0.2, 0.25) is 0 Å². The van der Waals surface area contributed by atoms with E-state index in [9.17, 15) is 5.11 Å². The fourth-order valence-corrected chi connectivity index (χ4v) is 3.50. The minimum atomic E-state index is -0.294. The first-order chi connectivity index (χ1) is 9.22. The number of aliphatic hydroxyl groups excluding tert-OH is 1. The lowest BCUT2D eigenvalue weighted by atomic mass is 9.88. The fraction of sp³-hybridized carbons (Fsp3) is 0.647. The summed E-state index contributed by atoms with van der Waals surface area (Å²) in [7, 11) is 0. The zero-order valence-corrected chi connectivity index (χ0v) is 11.8. The Morgan fingerprint density at radius 3 is 2.89 bits per heavy atom. The Kier molecular flexibility index (Phi) is 3.79. The highest BCUT2D eigenvalue weighted by Gasteiger charge is 2.22. The molecule has 19 heavy (non-hydrogen) atoms. The second-order valence-electron chi connectivity index (χ2n) is 6.28. The second kappa shape index (κ2) is 5.54. The van der Waals surface area contributed by atoms with Crippen molar-refractivity contribution in [3.63, 3.8) is 0 Å². The van der Waals surface area contributed by atoms with Crippen LogP contribution in [-0.4, -0.2) is 11.2 Å². The van der Waals surface area contributed by atoms with Gasteiger partial charge in [-0.25, -0.2) is 0 Å². The van der Waals surface area contributed by atoms with E-state index in [4.69, 9.17) is 4.74 Å². The third-order valence-corrected chi connectivity index (χ3v) is 4.59. The smallest absolute Gasteiger partial charge is 0.120 e. The summed E-state index contributed by atoms with van der Waals surface area (Å²) in [5.41, 5.74) is 2.38. The monoisotopic (exact) mass is 260 g/mol. The molecular weight excluding hydrogens is 236 g/mol. The number of benzene rings is 1. The van der Waals surface area contributed by atoms with Crippen molar-refractivity contribution >= 4 is 0 Å². The zero-order valence-electron chi connectivity index (χ0n) is 11.8. The number of aryl methyl sites for hydroxylation is 1. The maximum Gasteiger partial charge on any atom is 0.120 e. The molecule has 104 valence electrons. The van der Waals surface area contributed by atoms with Gasteiger partial charge in [0.1, 0.15) is 5.75 Å². The second-order valence-corrected chi connectivity index (χ2v) is 6.28. The number of hydrogen-bond donors (Lipinski definition) is 1. The molecule has 2 aliphatic rings. The van der Waals surface area contributed by atoms with Gasteiger partial charge >= 0.3 is 0 Å². The molecule has 0 bridgehead atoms. The van der Waals surface area contributed by atoms with Crippen molar-refractivity contribution in [1.82, 2.24) is 0 Å². The number of fused-ring (bicyclic) bond motifs is 1. The standard InChI is InChI=1S/C17H24O2/c1-12-4-2-6-14(10-12)19-15-9-8-13-5-3-7-17(18)16(13)11-15/h8-9,11-12,14,17-18H,2-7,10H2,1H3/t12?,14?,17-/m0/s1. The first-order valence-corrected chi connectivity index (χ1v) is 7.70. The van der Waals surface area contributed by atoms with Crippen LogP contribution in [0.15, 0.2) is 18.2 Å². The molecule has 1 aromatic rings. The molecule has 0 radical (unpaired) electrons. The predicted octanol–water partition coefficient (Wildman–Crippen LogP) is 4.01. The molecule has 0 amide bonds. The van der Waals surface area contributed by atoms with Gasteiger partial charge in [-0.2, -0.15) is 0 Å². The molecule has 2 unspecified atom stereocenters. The van der Waals surface area contributed by atoms with Crippen LogP contribution in [-0.2, 0) is 6.42 Å². The van der Waals surface area contributed by atoms with Crippen molar-refractivity contribution < 1.29 is 9.84 Å². The van der Waals surface area contributed by atoms with E-state index in [1.807, 2.05) is 0 Å². The summed E-state index contributed by atoms with van der Waals surface area (Å²) in [5, 5.41) is 10.1. The molecule has 0 saturated heterocycles. The maximum absolute atomic E-state index is 10.1. The minimum Gasteiger partial charge on any atom is -0.490 e. The molecule has 0 heterocycles. The molecule has 2 aliphatic carbocycles. The van der Waals surface area contributed by atoms with Crippen molar-refractivity contribution in [2.45, 2.75) is 64.1 Å². The van der Waals surface area contributed by atoms with Crippen molar-refractivity contribution in [3.8, 4) is 5.75 Å². The Hall–Kier alpha value is -1.02. The minimum absolute atomic E-state index is 0.294. The van der Waals surface area contributed by atoms with Crippen LogP contribution in [0, 0.1) is 5.92 Å². The van der Waals surface area contributed by atoms with Gasteiger partial charge < -0.3 is 9.84 Å². The van der Waals surface area contributed by atoms with Gasteiger partial charge in [-0.15, -0.1) is 0 Å². The number of hydrogen-bond acceptors (Lipinski definition) is 2. The first-order valence-electron chi connectivity index (χ1n) is 7.70. The zero-order chi connectivity index (χ0) is 13.2. The highest BCUT2D eigenvalue weighted by molar-refractivity contribution is 5.38.